The summed E-state index contributed by atoms with van der Waals surface area (Å²) in [7, 11) is 0. The Balaban J connectivity index is 2.21. The number of aryl methyl sites for hydroxylation is 1. The number of anilines is 1. The minimum Gasteiger partial charge on any atom is -0.710 e. The van der Waals surface area contributed by atoms with Crippen molar-refractivity contribution in [3.8, 4) is 0 Å². The van der Waals surface area contributed by atoms with Crippen molar-refractivity contribution in [2.75, 3.05) is 5.73 Å². The van der Waals surface area contributed by atoms with Crippen LogP contribution in [0.1, 0.15) is 11.3 Å². The van der Waals surface area contributed by atoms with E-state index < -0.39 is 0 Å². The van der Waals surface area contributed by atoms with Crippen molar-refractivity contribution in [2.24, 2.45) is 0 Å². The Labute approximate surface area is 114 Å². The molecule has 0 radical (unpaired) electrons. The molecule has 0 unspecified atom stereocenters. The molecule has 102 valence electrons. The predicted octanol–water partition coefficient (Wildman–Crippen LogP) is 0.902. The Bertz CT molecular complexity index is 834. The number of aromatic nitrogens is 3. The lowest BCUT2D eigenvalue weighted by atomic mass is 10.2. The summed E-state index contributed by atoms with van der Waals surface area (Å²) in [6, 6.07) is 11.3. The molecule has 0 aliphatic carbocycles. The molecule has 2 aromatic heterocycles. The maximum atomic E-state index is 12.1. The molecule has 0 saturated heterocycles. The van der Waals surface area contributed by atoms with Crippen LogP contribution < -0.4 is 16.2 Å². The van der Waals surface area contributed by atoms with Crippen LogP contribution in [-0.2, 0) is 6.54 Å². The van der Waals surface area contributed by atoms with Gasteiger partial charge in [-0.25, -0.2) is 9.52 Å². The van der Waals surface area contributed by atoms with Crippen molar-refractivity contribution < 1.29 is 4.73 Å². The number of rotatable bonds is 2. The van der Waals surface area contributed by atoms with Gasteiger partial charge in [-0.05, 0) is 12.5 Å². The molecule has 6 heteroatoms. The molecule has 0 atom stereocenters. The van der Waals surface area contributed by atoms with Crippen LogP contribution in [0.4, 0.5) is 5.82 Å². The Kier molecular flexibility index (Phi) is 2.71. The molecule has 3 N–H and O–H groups in total. The standard InChI is InChI=1S/C14H14N4O2/c1-9-7-11-12(13(15)18(9)20)16-14(19)17(11)8-10-5-3-2-4-6-10/h2-7H,8,15H2,1H3,(H,16,19). The molecule has 0 saturated carbocycles. The highest BCUT2D eigenvalue weighted by molar-refractivity contribution is 5.83. The highest BCUT2D eigenvalue weighted by Crippen LogP contribution is 2.16. The van der Waals surface area contributed by atoms with Gasteiger partial charge in [-0.3, -0.25) is 15.3 Å². The number of imidazole rings is 1. The molecule has 3 rings (SSSR count). The zero-order chi connectivity index (χ0) is 14.3. The summed E-state index contributed by atoms with van der Waals surface area (Å²) in [5.74, 6) is 0.0175. The largest absolute Gasteiger partial charge is 0.710 e. The summed E-state index contributed by atoms with van der Waals surface area (Å²) < 4.78 is 2.19. The fourth-order valence-corrected chi connectivity index (χ4v) is 2.30. The van der Waals surface area contributed by atoms with Crippen molar-refractivity contribution >= 4 is 16.9 Å². The maximum absolute atomic E-state index is 12.1. The number of pyridine rings is 1. The number of hydrogen-bond donors (Lipinski definition) is 2. The summed E-state index contributed by atoms with van der Waals surface area (Å²) in [4.78, 5) is 14.7. The van der Waals surface area contributed by atoms with Crippen molar-refractivity contribution in [3.63, 3.8) is 0 Å². The van der Waals surface area contributed by atoms with E-state index in [2.05, 4.69) is 4.98 Å². The second kappa shape index (κ2) is 4.41. The number of nitrogens with one attached hydrogen (secondary N) is 1. The van der Waals surface area contributed by atoms with Gasteiger partial charge in [0.15, 0.2) is 5.52 Å². The number of nitrogen functional groups attached to an aromatic ring is 1. The quantitative estimate of drug-likeness (QED) is 0.535. The molecule has 0 amide bonds. The molecule has 20 heavy (non-hydrogen) atoms. The highest BCUT2D eigenvalue weighted by Gasteiger charge is 2.16. The van der Waals surface area contributed by atoms with Gasteiger partial charge in [0, 0.05) is 6.07 Å². The average Bonchev–Trinajstić information content (AvgIpc) is 2.75. The number of hydrogen-bond acceptors (Lipinski definition) is 3. The van der Waals surface area contributed by atoms with Crippen LogP contribution in [0.15, 0.2) is 41.2 Å². The number of nitrogens with two attached hydrogens (primary N) is 1. The number of nitrogens with zero attached hydrogens (tertiary/aromatic N) is 2. The Hall–Kier alpha value is -2.76. The lowest BCUT2D eigenvalue weighted by molar-refractivity contribution is -0.595. The highest BCUT2D eigenvalue weighted by atomic mass is 16.5. The van der Waals surface area contributed by atoms with Gasteiger partial charge in [0.1, 0.15) is 5.69 Å². The van der Waals surface area contributed by atoms with E-state index in [9.17, 15) is 10.0 Å². The lowest BCUT2D eigenvalue weighted by Gasteiger charge is -2.10. The molecule has 0 bridgehead atoms. The third-order valence-corrected chi connectivity index (χ3v) is 3.35. The Morgan fingerprint density at radius 2 is 2.05 bits per heavy atom. The van der Waals surface area contributed by atoms with Crippen LogP contribution in [0.5, 0.6) is 0 Å². The first kappa shape index (κ1) is 12.3. The second-order valence-corrected chi connectivity index (χ2v) is 4.73. The predicted molar refractivity (Wildman–Crippen MR) is 76.2 cm³/mol. The first-order chi connectivity index (χ1) is 9.58. The Morgan fingerprint density at radius 3 is 2.75 bits per heavy atom. The lowest BCUT2D eigenvalue weighted by Crippen LogP contribution is -2.34. The van der Waals surface area contributed by atoms with E-state index in [-0.39, 0.29) is 11.5 Å². The first-order valence-corrected chi connectivity index (χ1v) is 6.23. The van der Waals surface area contributed by atoms with Gasteiger partial charge in [0.05, 0.1) is 12.1 Å². The summed E-state index contributed by atoms with van der Waals surface area (Å²) in [6.07, 6.45) is 0. The van der Waals surface area contributed by atoms with E-state index in [1.54, 1.807) is 17.6 Å². The van der Waals surface area contributed by atoms with Gasteiger partial charge in [0.25, 0.3) is 0 Å². The van der Waals surface area contributed by atoms with Gasteiger partial charge in [-0.1, -0.05) is 30.3 Å². The number of H-pyrrole nitrogens is 1. The van der Waals surface area contributed by atoms with Gasteiger partial charge in [-0.2, -0.15) is 0 Å². The summed E-state index contributed by atoms with van der Waals surface area (Å²) >= 11 is 0. The molecule has 0 aliphatic heterocycles. The monoisotopic (exact) mass is 270 g/mol. The van der Waals surface area contributed by atoms with Gasteiger partial charge in [0.2, 0.25) is 0 Å². The van der Waals surface area contributed by atoms with Crippen molar-refractivity contribution in [1.29, 1.82) is 0 Å². The SMILES string of the molecule is Cc1cc2c([nH]c(=O)n2Cc2ccccc2)c(N)[n+]1[O-]. The second-order valence-electron chi connectivity index (χ2n) is 4.73. The summed E-state index contributed by atoms with van der Waals surface area (Å²) in [5, 5.41) is 11.7. The minimum atomic E-state index is -0.277. The Morgan fingerprint density at radius 1 is 1.35 bits per heavy atom. The molecule has 3 aromatic rings. The fourth-order valence-electron chi connectivity index (χ4n) is 2.30. The van der Waals surface area contributed by atoms with E-state index in [4.69, 9.17) is 5.73 Å². The van der Waals surface area contributed by atoms with E-state index in [0.29, 0.717) is 28.0 Å². The molecule has 0 fully saturated rings. The molecule has 2 heterocycles. The van der Waals surface area contributed by atoms with Crippen molar-refractivity contribution in [2.45, 2.75) is 13.5 Å². The molecular formula is C14H14N4O2. The third kappa shape index (κ3) is 1.82. The number of aromatic amines is 1. The molecule has 6 nitrogen and oxygen atoms in total. The smallest absolute Gasteiger partial charge is 0.327 e. The zero-order valence-electron chi connectivity index (χ0n) is 11.0. The minimum absolute atomic E-state index is 0.0175. The third-order valence-electron chi connectivity index (χ3n) is 3.35. The van der Waals surface area contributed by atoms with Crippen molar-refractivity contribution in [3.05, 3.63) is 63.3 Å². The fraction of sp³-hybridized carbons (Fsp3) is 0.143. The van der Waals surface area contributed by atoms with E-state index in [1.165, 1.54) is 0 Å². The van der Waals surface area contributed by atoms with Crippen LogP contribution in [0.25, 0.3) is 11.0 Å². The summed E-state index contributed by atoms with van der Waals surface area (Å²) in [5.41, 5.74) is 7.97. The van der Waals surface area contributed by atoms with Gasteiger partial charge < -0.3 is 5.21 Å². The van der Waals surface area contributed by atoms with Crippen molar-refractivity contribution in [1.82, 2.24) is 9.55 Å². The van der Waals surface area contributed by atoms with Crippen LogP contribution in [0, 0.1) is 12.1 Å². The van der Waals surface area contributed by atoms with Crippen LogP contribution >= 0.6 is 0 Å². The molecule has 1 aromatic carbocycles. The van der Waals surface area contributed by atoms with E-state index in [1.807, 2.05) is 30.3 Å². The normalized spacial score (nSPS) is 11.1. The average molecular weight is 270 g/mol. The van der Waals surface area contributed by atoms with E-state index >= 15 is 0 Å². The van der Waals surface area contributed by atoms with Gasteiger partial charge in [-0.15, -0.1) is 0 Å². The summed E-state index contributed by atoms with van der Waals surface area (Å²) in [6.45, 7) is 2.09. The molecule has 0 aliphatic rings. The topological polar surface area (TPSA) is 90.8 Å². The molecule has 0 spiro atoms. The molecular weight excluding hydrogens is 256 g/mol. The van der Waals surface area contributed by atoms with Gasteiger partial charge >= 0.3 is 11.5 Å². The van der Waals surface area contributed by atoms with Crippen LogP contribution in [0.2, 0.25) is 0 Å². The van der Waals surface area contributed by atoms with Crippen LogP contribution in [-0.4, -0.2) is 9.55 Å². The van der Waals surface area contributed by atoms with E-state index in [0.717, 1.165) is 5.56 Å². The maximum Gasteiger partial charge on any atom is 0.327 e. The number of fused-ring (bicyclic) bond motifs is 1. The number of benzene rings is 1. The zero-order valence-corrected chi connectivity index (χ0v) is 11.0. The van der Waals surface area contributed by atoms with Crippen LogP contribution in [0.3, 0.4) is 0 Å². The first-order valence-electron chi connectivity index (χ1n) is 6.23.